The fraction of sp³-hybridized carbons (Fsp3) is 0.111. The van der Waals surface area contributed by atoms with Gasteiger partial charge in [0.15, 0.2) is 11.6 Å². The van der Waals surface area contributed by atoms with Crippen molar-refractivity contribution in [3.63, 3.8) is 0 Å². The van der Waals surface area contributed by atoms with Gasteiger partial charge in [-0.15, -0.1) is 0 Å². The van der Waals surface area contributed by atoms with Crippen LogP contribution in [0.4, 0.5) is 17.3 Å². The largest absolute Gasteiger partial charge is 0.338 e. The lowest BCUT2D eigenvalue weighted by Crippen LogP contribution is -1.94. The molecule has 0 saturated heterocycles. The van der Waals surface area contributed by atoms with Gasteiger partial charge in [-0.25, -0.2) is 4.99 Å². The zero-order chi connectivity index (χ0) is 18.4. The van der Waals surface area contributed by atoms with Crippen LogP contribution in [0.5, 0.6) is 0 Å². The van der Waals surface area contributed by atoms with Crippen LogP contribution >= 0.6 is 45.2 Å². The molecule has 0 radical (unpaired) electrons. The highest BCUT2D eigenvalue weighted by Gasteiger charge is 2.12. The Balaban J connectivity index is 1.86. The van der Waals surface area contributed by atoms with E-state index < -0.39 is 0 Å². The first-order valence-corrected chi connectivity index (χ1v) is 10.7. The van der Waals surface area contributed by atoms with E-state index in [2.05, 4.69) is 82.8 Å². The van der Waals surface area contributed by atoms with E-state index in [-0.39, 0.29) is 0 Å². The molecular weight excluding hydrogens is 554 g/mol. The molecule has 0 unspecified atom stereocenters. The van der Waals surface area contributed by atoms with Gasteiger partial charge in [0.25, 0.3) is 0 Å². The monoisotopic (exact) mass is 568 g/mol. The third kappa shape index (κ3) is 4.39. The summed E-state index contributed by atoms with van der Waals surface area (Å²) in [6, 6.07) is 14.0. The molecule has 1 aromatic carbocycles. The molecule has 6 nitrogen and oxygen atoms in total. The van der Waals surface area contributed by atoms with Gasteiger partial charge < -0.3 is 5.32 Å². The highest BCUT2D eigenvalue weighted by atomic mass is 127. The van der Waals surface area contributed by atoms with E-state index in [1.54, 1.807) is 12.4 Å². The Bertz CT molecular complexity index is 974. The highest BCUT2D eigenvalue weighted by Crippen LogP contribution is 2.26. The molecule has 0 aliphatic rings. The number of hydrogen-bond acceptors (Lipinski definition) is 5. The fourth-order valence-corrected chi connectivity index (χ4v) is 3.42. The minimum absolute atomic E-state index is 0.376. The minimum Gasteiger partial charge on any atom is -0.338 e. The Morgan fingerprint density at radius 1 is 1.23 bits per heavy atom. The van der Waals surface area contributed by atoms with Gasteiger partial charge in [-0.2, -0.15) is 10.4 Å². The Morgan fingerprint density at radius 2 is 2.12 bits per heavy atom. The zero-order valence-corrected chi connectivity index (χ0v) is 17.9. The third-order valence-corrected chi connectivity index (χ3v) is 5.19. The Morgan fingerprint density at radius 3 is 2.88 bits per heavy atom. The van der Waals surface area contributed by atoms with E-state index in [0.717, 1.165) is 25.8 Å². The van der Waals surface area contributed by atoms with Crippen molar-refractivity contribution in [1.82, 2.24) is 15.2 Å². The summed E-state index contributed by atoms with van der Waals surface area (Å²) >= 11 is 4.58. The van der Waals surface area contributed by atoms with Gasteiger partial charge in [0.1, 0.15) is 11.6 Å². The van der Waals surface area contributed by atoms with E-state index in [4.69, 9.17) is 0 Å². The molecule has 0 aliphatic carbocycles. The predicted octanol–water partition coefficient (Wildman–Crippen LogP) is 5.04. The van der Waals surface area contributed by atoms with Gasteiger partial charge in [0, 0.05) is 32.5 Å². The van der Waals surface area contributed by atoms with E-state index >= 15 is 0 Å². The fourth-order valence-electron chi connectivity index (χ4n) is 2.31. The molecule has 0 fully saturated rings. The number of alkyl halides is 2. The zero-order valence-electron chi connectivity index (χ0n) is 13.6. The molecule has 0 saturated carbocycles. The summed E-state index contributed by atoms with van der Waals surface area (Å²) in [5, 5.41) is 19.7. The second-order valence-corrected chi connectivity index (χ2v) is 6.82. The molecular formula is C18H14I2N6. The first kappa shape index (κ1) is 18.8. The van der Waals surface area contributed by atoms with Crippen LogP contribution in [0.3, 0.4) is 0 Å². The number of aromatic nitrogens is 3. The maximum Gasteiger partial charge on any atom is 0.172 e. The first-order chi connectivity index (χ1) is 12.7. The Kier molecular flexibility index (Phi) is 6.56. The summed E-state index contributed by atoms with van der Waals surface area (Å²) < 4.78 is 1.70. The average Bonchev–Trinajstić information content (AvgIpc) is 3.08. The smallest absolute Gasteiger partial charge is 0.172 e. The van der Waals surface area contributed by atoms with Crippen molar-refractivity contribution < 1.29 is 0 Å². The highest BCUT2D eigenvalue weighted by molar-refractivity contribution is 14.1. The number of H-pyrrole nitrogens is 1. The quantitative estimate of drug-likeness (QED) is 0.248. The van der Waals surface area contributed by atoms with Gasteiger partial charge in [0.05, 0.1) is 5.69 Å². The number of aromatic amines is 1. The van der Waals surface area contributed by atoms with Crippen LogP contribution in [-0.4, -0.2) is 21.4 Å². The summed E-state index contributed by atoms with van der Waals surface area (Å²) in [5.41, 5.74) is 4.33. The van der Waals surface area contributed by atoms with Crippen LogP contribution in [0, 0.1) is 11.3 Å². The van der Waals surface area contributed by atoms with Crippen molar-refractivity contribution in [1.29, 1.82) is 5.26 Å². The standard InChI is InChI=1S/C18H14I2N6/c19-8-12-3-1-5-14(7-12)24-18-15(10-21)17(25-26-18)23-11-13-4-2-6-22-16(13)9-20/h1-7,11H,8-9H2,(H2,24,25,26)/b23-11+. The topological polar surface area (TPSA) is 89.8 Å². The molecule has 3 rings (SSSR count). The van der Waals surface area contributed by atoms with Crippen LogP contribution in [-0.2, 0) is 8.86 Å². The lowest BCUT2D eigenvalue weighted by atomic mass is 10.2. The van der Waals surface area contributed by atoms with E-state index in [9.17, 15) is 5.26 Å². The number of nitrogens with zero attached hydrogens (tertiary/aromatic N) is 4. The SMILES string of the molecule is N#Cc1c(Nc2cccc(CI)c2)n[nH]c1/N=C/c1cccnc1CI. The number of nitrogens with one attached hydrogen (secondary N) is 2. The van der Waals surface area contributed by atoms with Gasteiger partial charge in [-0.1, -0.05) is 63.4 Å². The number of pyridine rings is 1. The van der Waals surface area contributed by atoms with E-state index in [1.165, 1.54) is 5.56 Å². The predicted molar refractivity (Wildman–Crippen MR) is 120 cm³/mol. The average molecular weight is 568 g/mol. The van der Waals surface area contributed by atoms with Crippen LogP contribution in [0.25, 0.3) is 0 Å². The number of halogens is 2. The normalized spacial score (nSPS) is 10.8. The van der Waals surface area contributed by atoms with E-state index in [1.807, 2.05) is 30.3 Å². The van der Waals surface area contributed by atoms with Gasteiger partial charge >= 0.3 is 0 Å². The first-order valence-electron chi connectivity index (χ1n) is 7.69. The summed E-state index contributed by atoms with van der Waals surface area (Å²) in [5.74, 6) is 0.883. The molecule has 2 N–H and O–H groups in total. The van der Waals surface area contributed by atoms with Crippen LogP contribution in [0.1, 0.15) is 22.4 Å². The molecule has 2 heterocycles. The molecule has 0 bridgehead atoms. The molecule has 8 heteroatoms. The Hall–Kier alpha value is -2.00. The van der Waals surface area contributed by atoms with Crippen molar-refractivity contribution in [2.24, 2.45) is 4.99 Å². The van der Waals surface area contributed by atoms with Crippen molar-refractivity contribution in [2.45, 2.75) is 8.86 Å². The Labute approximate surface area is 178 Å². The summed E-state index contributed by atoms with van der Waals surface area (Å²) in [7, 11) is 0. The van der Waals surface area contributed by atoms with Crippen molar-refractivity contribution in [3.05, 3.63) is 65.0 Å². The molecule has 130 valence electrons. The molecule has 0 atom stereocenters. The molecule has 3 aromatic rings. The molecule has 2 aromatic heterocycles. The lowest BCUT2D eigenvalue weighted by molar-refractivity contribution is 1.08. The minimum atomic E-state index is 0.376. The lowest BCUT2D eigenvalue weighted by Gasteiger charge is -2.04. The maximum absolute atomic E-state index is 9.53. The number of nitriles is 1. The molecule has 0 aliphatic heterocycles. The second-order valence-electron chi connectivity index (χ2n) is 5.30. The van der Waals surface area contributed by atoms with Crippen LogP contribution in [0.2, 0.25) is 0 Å². The summed E-state index contributed by atoms with van der Waals surface area (Å²) in [4.78, 5) is 8.73. The van der Waals surface area contributed by atoms with E-state index in [0.29, 0.717) is 17.2 Å². The number of hydrogen-bond donors (Lipinski definition) is 2. The maximum atomic E-state index is 9.53. The summed E-state index contributed by atoms with van der Waals surface area (Å²) in [6.45, 7) is 0. The number of aliphatic imine (C=N–C) groups is 1. The number of rotatable bonds is 6. The number of benzene rings is 1. The van der Waals surface area contributed by atoms with Gasteiger partial charge in [-0.05, 0) is 23.8 Å². The van der Waals surface area contributed by atoms with Crippen molar-refractivity contribution in [2.75, 3.05) is 5.32 Å². The van der Waals surface area contributed by atoms with Crippen molar-refractivity contribution >= 4 is 68.7 Å². The van der Waals surface area contributed by atoms with Crippen LogP contribution < -0.4 is 5.32 Å². The molecule has 0 amide bonds. The van der Waals surface area contributed by atoms with Gasteiger partial charge in [-0.3, -0.25) is 10.1 Å². The third-order valence-electron chi connectivity index (χ3n) is 3.59. The second kappa shape index (κ2) is 9.09. The molecule has 0 spiro atoms. The van der Waals surface area contributed by atoms with Gasteiger partial charge in [0.2, 0.25) is 0 Å². The van der Waals surface area contributed by atoms with Crippen molar-refractivity contribution in [3.8, 4) is 6.07 Å². The number of anilines is 2. The molecule has 26 heavy (non-hydrogen) atoms. The summed E-state index contributed by atoms with van der Waals surface area (Å²) in [6.07, 6.45) is 3.46. The van der Waals surface area contributed by atoms with Crippen LogP contribution in [0.15, 0.2) is 47.6 Å².